The fourth-order valence-corrected chi connectivity index (χ4v) is 2.38. The lowest BCUT2D eigenvalue weighted by molar-refractivity contribution is 0.101. The molecule has 0 bridgehead atoms. The monoisotopic (exact) mass is 354 g/mol. The van der Waals surface area contributed by atoms with E-state index in [9.17, 15) is 9.59 Å². The minimum Gasteiger partial charge on any atom is -0.324 e. The molecule has 0 spiro atoms. The number of anilines is 2. The van der Waals surface area contributed by atoms with E-state index in [4.69, 9.17) is 11.6 Å². The molecule has 1 heterocycles. The van der Waals surface area contributed by atoms with Crippen LogP contribution in [-0.4, -0.2) is 21.0 Å². The van der Waals surface area contributed by atoms with Crippen LogP contribution in [-0.2, 0) is 6.42 Å². The summed E-state index contributed by atoms with van der Waals surface area (Å²) in [6.07, 6.45) is 0.368. The number of benzene rings is 2. The molecule has 0 aliphatic rings. The molecule has 0 radical (unpaired) electrons. The Bertz CT molecular complexity index is 950. The van der Waals surface area contributed by atoms with Crippen LogP contribution in [0.5, 0.6) is 0 Å². The van der Waals surface area contributed by atoms with Crippen LogP contribution in [0.3, 0.4) is 0 Å². The molecule has 2 aromatic carbocycles. The number of rotatable bonds is 5. The number of aromatic amines is 1. The Kier molecular flexibility index (Phi) is 4.90. The van der Waals surface area contributed by atoms with Crippen molar-refractivity contribution in [3.63, 3.8) is 0 Å². The van der Waals surface area contributed by atoms with Gasteiger partial charge in [0.1, 0.15) is 5.69 Å². The van der Waals surface area contributed by atoms with Crippen LogP contribution in [0, 0.1) is 0 Å². The molecule has 25 heavy (non-hydrogen) atoms. The molecule has 0 unspecified atom stereocenters. The summed E-state index contributed by atoms with van der Waals surface area (Å²) in [6.45, 7) is 1.50. The van der Waals surface area contributed by atoms with E-state index < -0.39 is 0 Å². The van der Waals surface area contributed by atoms with Crippen molar-refractivity contribution in [2.24, 2.45) is 0 Å². The summed E-state index contributed by atoms with van der Waals surface area (Å²) in [6, 6.07) is 14.1. The SMILES string of the molecule is CC(=O)c1ccc(Nc2nnc(Cc3ccc(Cl)cc3)c(=O)[nH]2)cc1. The van der Waals surface area contributed by atoms with E-state index in [0.717, 1.165) is 5.56 Å². The average Bonchev–Trinajstić information content (AvgIpc) is 2.60. The highest BCUT2D eigenvalue weighted by atomic mass is 35.5. The summed E-state index contributed by atoms with van der Waals surface area (Å²) in [5.41, 5.74) is 2.24. The molecule has 7 heteroatoms. The molecule has 0 saturated heterocycles. The smallest absolute Gasteiger partial charge is 0.274 e. The first-order valence-corrected chi connectivity index (χ1v) is 7.97. The Labute approximate surface area is 148 Å². The molecular weight excluding hydrogens is 340 g/mol. The number of carbonyl (C=O) groups is 1. The van der Waals surface area contributed by atoms with Crippen molar-refractivity contribution in [2.45, 2.75) is 13.3 Å². The van der Waals surface area contributed by atoms with Crippen molar-refractivity contribution < 1.29 is 4.79 Å². The Morgan fingerprint density at radius 2 is 1.76 bits per heavy atom. The summed E-state index contributed by atoms with van der Waals surface area (Å²) >= 11 is 5.85. The number of carbonyl (C=O) groups excluding carboxylic acids is 1. The normalized spacial score (nSPS) is 10.5. The van der Waals surface area contributed by atoms with Gasteiger partial charge in [-0.25, -0.2) is 0 Å². The molecule has 0 aliphatic heterocycles. The lowest BCUT2D eigenvalue weighted by Gasteiger charge is -2.06. The van der Waals surface area contributed by atoms with Crippen molar-refractivity contribution in [1.29, 1.82) is 0 Å². The first-order valence-electron chi connectivity index (χ1n) is 7.59. The topological polar surface area (TPSA) is 87.7 Å². The number of Topliss-reactive ketones (excluding diaryl/α,β-unsaturated/α-hetero) is 1. The largest absolute Gasteiger partial charge is 0.324 e. The standard InChI is InChI=1S/C18H15ClN4O2/c1-11(24)13-4-8-15(9-5-13)20-18-21-17(25)16(22-23-18)10-12-2-6-14(19)7-3-12/h2-9H,10H2,1H3,(H2,20,21,23,25). The van der Waals surface area contributed by atoms with Gasteiger partial charge in [0.2, 0.25) is 5.95 Å². The highest BCUT2D eigenvalue weighted by Gasteiger charge is 2.07. The maximum Gasteiger partial charge on any atom is 0.274 e. The molecular formula is C18H15ClN4O2. The number of H-pyrrole nitrogens is 1. The molecule has 0 amide bonds. The van der Waals surface area contributed by atoms with E-state index in [1.165, 1.54) is 6.92 Å². The van der Waals surface area contributed by atoms with E-state index in [1.54, 1.807) is 36.4 Å². The van der Waals surface area contributed by atoms with Gasteiger partial charge in [0, 0.05) is 22.7 Å². The predicted molar refractivity (Wildman–Crippen MR) is 96.6 cm³/mol. The van der Waals surface area contributed by atoms with E-state index in [0.29, 0.717) is 28.4 Å². The highest BCUT2D eigenvalue weighted by Crippen LogP contribution is 2.14. The summed E-state index contributed by atoms with van der Waals surface area (Å²) < 4.78 is 0. The van der Waals surface area contributed by atoms with Gasteiger partial charge >= 0.3 is 0 Å². The zero-order valence-corrected chi connectivity index (χ0v) is 14.2. The van der Waals surface area contributed by atoms with Crippen molar-refractivity contribution >= 4 is 29.0 Å². The Hall–Kier alpha value is -2.99. The van der Waals surface area contributed by atoms with Crippen molar-refractivity contribution in [3.8, 4) is 0 Å². The third-order valence-electron chi connectivity index (χ3n) is 3.60. The number of aromatic nitrogens is 3. The zero-order chi connectivity index (χ0) is 17.8. The minimum absolute atomic E-state index is 0.00805. The zero-order valence-electron chi connectivity index (χ0n) is 13.4. The summed E-state index contributed by atoms with van der Waals surface area (Å²) in [5.74, 6) is 0.228. The molecule has 0 atom stereocenters. The van der Waals surface area contributed by atoms with Crippen molar-refractivity contribution in [3.05, 3.63) is 80.7 Å². The third kappa shape index (κ3) is 4.30. The Balaban J connectivity index is 1.74. The molecule has 2 N–H and O–H groups in total. The first-order chi connectivity index (χ1) is 12.0. The number of ketones is 1. The van der Waals surface area contributed by atoms with Crippen LogP contribution in [0.15, 0.2) is 53.3 Å². The van der Waals surface area contributed by atoms with E-state index in [1.807, 2.05) is 12.1 Å². The van der Waals surface area contributed by atoms with Gasteiger partial charge < -0.3 is 5.32 Å². The van der Waals surface area contributed by atoms with Gasteiger partial charge in [0.15, 0.2) is 5.78 Å². The molecule has 126 valence electrons. The van der Waals surface area contributed by atoms with Crippen LogP contribution >= 0.6 is 11.6 Å². The van der Waals surface area contributed by atoms with Gasteiger partial charge in [-0.05, 0) is 48.9 Å². The van der Waals surface area contributed by atoms with Gasteiger partial charge in [-0.15, -0.1) is 10.2 Å². The van der Waals surface area contributed by atoms with Crippen LogP contribution in [0.25, 0.3) is 0 Å². The maximum atomic E-state index is 12.2. The van der Waals surface area contributed by atoms with E-state index >= 15 is 0 Å². The average molecular weight is 355 g/mol. The van der Waals surface area contributed by atoms with Crippen LogP contribution in [0.2, 0.25) is 5.02 Å². The molecule has 6 nitrogen and oxygen atoms in total. The molecule has 0 saturated carbocycles. The van der Waals surface area contributed by atoms with Gasteiger partial charge in [0.05, 0.1) is 0 Å². The maximum absolute atomic E-state index is 12.2. The molecule has 3 aromatic rings. The number of nitrogens with zero attached hydrogens (tertiary/aromatic N) is 2. The molecule has 1 aromatic heterocycles. The summed E-state index contributed by atoms with van der Waals surface area (Å²) in [4.78, 5) is 26.1. The van der Waals surface area contributed by atoms with Crippen molar-refractivity contribution in [2.75, 3.05) is 5.32 Å². The second kappa shape index (κ2) is 7.27. The lowest BCUT2D eigenvalue weighted by atomic mass is 10.1. The van der Waals surface area contributed by atoms with Gasteiger partial charge in [0.25, 0.3) is 5.56 Å². The highest BCUT2D eigenvalue weighted by molar-refractivity contribution is 6.30. The first kappa shape index (κ1) is 16.9. The van der Waals surface area contributed by atoms with Gasteiger partial charge in [-0.2, -0.15) is 0 Å². The number of hydrogen-bond acceptors (Lipinski definition) is 5. The van der Waals surface area contributed by atoms with E-state index in [-0.39, 0.29) is 17.3 Å². The number of nitrogens with one attached hydrogen (secondary N) is 2. The van der Waals surface area contributed by atoms with Crippen LogP contribution in [0.4, 0.5) is 11.6 Å². The predicted octanol–water partition coefficient (Wildman–Crippen LogP) is 3.36. The van der Waals surface area contributed by atoms with Gasteiger partial charge in [-0.3, -0.25) is 14.6 Å². The molecule has 3 rings (SSSR count). The third-order valence-corrected chi connectivity index (χ3v) is 3.86. The molecule has 0 fully saturated rings. The number of hydrogen-bond donors (Lipinski definition) is 2. The summed E-state index contributed by atoms with van der Waals surface area (Å²) in [7, 11) is 0. The van der Waals surface area contributed by atoms with Gasteiger partial charge in [-0.1, -0.05) is 23.7 Å². The van der Waals surface area contributed by atoms with E-state index in [2.05, 4.69) is 20.5 Å². The van der Waals surface area contributed by atoms with Crippen LogP contribution in [0.1, 0.15) is 28.5 Å². The Morgan fingerprint density at radius 3 is 2.36 bits per heavy atom. The minimum atomic E-state index is -0.312. The quantitative estimate of drug-likeness (QED) is 0.686. The second-order valence-electron chi connectivity index (χ2n) is 5.51. The fraction of sp³-hybridized carbons (Fsp3) is 0.111. The van der Waals surface area contributed by atoms with Crippen LogP contribution < -0.4 is 10.9 Å². The van der Waals surface area contributed by atoms with Crippen molar-refractivity contribution in [1.82, 2.24) is 15.2 Å². The fourth-order valence-electron chi connectivity index (χ4n) is 2.25. The second-order valence-corrected chi connectivity index (χ2v) is 5.95. The summed E-state index contributed by atoms with van der Waals surface area (Å²) in [5, 5.41) is 11.6. The Morgan fingerprint density at radius 1 is 1.08 bits per heavy atom. The molecule has 0 aliphatic carbocycles. The lowest BCUT2D eigenvalue weighted by Crippen LogP contribution is -2.18. The number of halogens is 1.